The van der Waals surface area contributed by atoms with Crippen molar-refractivity contribution in [3.05, 3.63) is 76.0 Å². The van der Waals surface area contributed by atoms with E-state index in [-0.39, 0.29) is 64.9 Å². The molecule has 3 aromatic heterocycles. The van der Waals surface area contributed by atoms with Crippen LogP contribution in [0.3, 0.4) is 0 Å². The third-order valence-corrected chi connectivity index (χ3v) is 8.22. The van der Waals surface area contributed by atoms with Gasteiger partial charge in [-0.1, -0.05) is 59.4 Å². The quantitative estimate of drug-likeness (QED) is 0.199. The Bertz CT molecular complexity index is 1780. The Hall–Kier alpha value is -4.38. The second-order valence-electron chi connectivity index (χ2n) is 11.8. The molecule has 4 aromatic rings. The highest BCUT2D eigenvalue weighted by Gasteiger charge is 2.34. The number of nitrogens with zero attached hydrogens (tertiary/aromatic N) is 7. The molecule has 0 aliphatic carbocycles. The molecule has 1 amide bonds. The van der Waals surface area contributed by atoms with E-state index in [2.05, 4.69) is 21.5 Å². The van der Waals surface area contributed by atoms with E-state index >= 15 is 4.39 Å². The third kappa shape index (κ3) is 5.88. The third-order valence-electron chi connectivity index (χ3n) is 7.93. The molecule has 0 saturated carbocycles. The van der Waals surface area contributed by atoms with Crippen molar-refractivity contribution in [1.82, 2.24) is 29.4 Å². The van der Waals surface area contributed by atoms with Gasteiger partial charge in [0.15, 0.2) is 5.65 Å². The number of fused-ring (bicyclic) bond motifs is 1. The van der Waals surface area contributed by atoms with Crippen molar-refractivity contribution in [3.63, 3.8) is 0 Å². The fourth-order valence-electron chi connectivity index (χ4n) is 6.03. The van der Waals surface area contributed by atoms with Gasteiger partial charge in [-0.25, -0.2) is 28.7 Å². The van der Waals surface area contributed by atoms with Crippen LogP contribution in [0.15, 0.2) is 48.0 Å². The van der Waals surface area contributed by atoms with Crippen LogP contribution in [0.2, 0.25) is 5.02 Å². The number of carbonyl (C=O) groups excluding carboxylic acids is 1. The number of halogens is 2. The summed E-state index contributed by atoms with van der Waals surface area (Å²) in [6.45, 7) is 16.2. The van der Waals surface area contributed by atoms with Crippen LogP contribution in [0.4, 0.5) is 15.9 Å². The van der Waals surface area contributed by atoms with E-state index in [9.17, 15) is 9.59 Å². The number of aromatic nitrogens is 5. The van der Waals surface area contributed by atoms with Gasteiger partial charge in [-0.2, -0.15) is 4.98 Å². The molecule has 1 aliphatic heterocycles. The van der Waals surface area contributed by atoms with Gasteiger partial charge >= 0.3 is 5.69 Å². The first kappa shape index (κ1) is 33.5. The number of pyridine rings is 1. The summed E-state index contributed by atoms with van der Waals surface area (Å²) in [6, 6.07) is 5.60. The van der Waals surface area contributed by atoms with Crippen LogP contribution in [0.25, 0.3) is 28.0 Å². The maximum Gasteiger partial charge on any atom is 0.355 e. The van der Waals surface area contributed by atoms with Crippen LogP contribution in [0, 0.1) is 5.82 Å². The monoisotopic (exact) mass is 634 g/mol. The Kier molecular flexibility index (Phi) is 9.62. The normalized spacial score (nSPS) is 16.8. The largest absolute Gasteiger partial charge is 0.398 e. The molecule has 4 heterocycles. The molecular formula is C33H40ClFN8O2. The number of amides is 1. The SMILES string of the molecule is C.C=CC(=O)N1[C@H](C)CN(c2nc(=O)n(-c3c(C(C)C)ncnc3C(C)C)c3nc(-c4c(N)cccc4F)c(Cl)cc23)C[C@@H]1C. The van der Waals surface area contributed by atoms with Gasteiger partial charge < -0.3 is 15.5 Å². The Morgan fingerprint density at radius 1 is 1.09 bits per heavy atom. The molecule has 1 aromatic carbocycles. The van der Waals surface area contributed by atoms with E-state index in [1.807, 2.05) is 46.4 Å². The van der Waals surface area contributed by atoms with Gasteiger partial charge in [-0.15, -0.1) is 0 Å². The summed E-state index contributed by atoms with van der Waals surface area (Å²) < 4.78 is 16.6. The fourth-order valence-corrected chi connectivity index (χ4v) is 6.28. The summed E-state index contributed by atoms with van der Waals surface area (Å²) in [4.78, 5) is 49.1. The van der Waals surface area contributed by atoms with E-state index in [0.717, 1.165) is 0 Å². The van der Waals surface area contributed by atoms with Crippen LogP contribution < -0.4 is 16.3 Å². The van der Waals surface area contributed by atoms with Gasteiger partial charge in [0.05, 0.1) is 38.7 Å². The van der Waals surface area contributed by atoms with Crippen molar-refractivity contribution < 1.29 is 9.18 Å². The molecule has 1 fully saturated rings. The van der Waals surface area contributed by atoms with Crippen molar-refractivity contribution in [3.8, 4) is 16.9 Å². The number of nitrogens with two attached hydrogens (primary N) is 1. The maximum absolute atomic E-state index is 15.2. The molecule has 5 rings (SSSR count). The molecule has 45 heavy (non-hydrogen) atoms. The van der Waals surface area contributed by atoms with E-state index in [1.165, 1.54) is 29.1 Å². The van der Waals surface area contributed by atoms with Gasteiger partial charge in [0.1, 0.15) is 18.0 Å². The fraction of sp³-hybridized carbons (Fsp3) is 0.394. The summed E-state index contributed by atoms with van der Waals surface area (Å²) in [7, 11) is 0. The molecule has 0 bridgehead atoms. The lowest BCUT2D eigenvalue weighted by Crippen LogP contribution is -2.58. The molecule has 0 spiro atoms. The number of hydrogen-bond donors (Lipinski definition) is 1. The van der Waals surface area contributed by atoms with Crippen molar-refractivity contribution in [2.45, 2.75) is 72.9 Å². The summed E-state index contributed by atoms with van der Waals surface area (Å²) in [5.41, 5.74) is 7.88. The smallest absolute Gasteiger partial charge is 0.355 e. The molecule has 1 saturated heterocycles. The minimum Gasteiger partial charge on any atom is -0.398 e. The molecule has 1 aliphatic rings. The molecule has 0 radical (unpaired) electrons. The number of anilines is 2. The lowest BCUT2D eigenvalue weighted by Gasteiger charge is -2.44. The standard InChI is InChI=1S/C32H36ClFN8O2.CH4/c1-8-24(43)41-18(6)13-40(14-19(41)7)30-20-12-21(33)28(25-22(34)10-9-11-23(25)35)38-31(20)42(32(44)39-30)29-26(16(2)3)36-15-37-27(29)17(4)5;/h8-12,15-19H,1,13-14,35H2,2-7H3;1H4/t18-,19+;. The molecule has 10 nitrogen and oxygen atoms in total. The van der Waals surface area contributed by atoms with Gasteiger partial charge in [0, 0.05) is 30.9 Å². The zero-order chi connectivity index (χ0) is 32.0. The van der Waals surface area contributed by atoms with E-state index in [0.29, 0.717) is 41.4 Å². The van der Waals surface area contributed by atoms with Crippen molar-refractivity contribution in [2.75, 3.05) is 23.7 Å². The zero-order valence-electron chi connectivity index (χ0n) is 25.7. The second-order valence-corrected chi connectivity index (χ2v) is 12.2. The van der Waals surface area contributed by atoms with Crippen LogP contribution >= 0.6 is 11.6 Å². The van der Waals surface area contributed by atoms with Crippen molar-refractivity contribution in [2.24, 2.45) is 0 Å². The summed E-state index contributed by atoms with van der Waals surface area (Å²) in [5.74, 6) is -0.540. The highest BCUT2D eigenvalue weighted by atomic mass is 35.5. The number of hydrogen-bond acceptors (Lipinski definition) is 8. The molecule has 2 atom stereocenters. The average Bonchev–Trinajstić information content (AvgIpc) is 2.96. The van der Waals surface area contributed by atoms with E-state index < -0.39 is 11.5 Å². The first-order chi connectivity index (χ1) is 20.8. The highest BCUT2D eigenvalue weighted by Crippen LogP contribution is 2.38. The molecule has 2 N–H and O–H groups in total. The van der Waals surface area contributed by atoms with Gasteiger partial charge in [0.2, 0.25) is 5.91 Å². The molecular weight excluding hydrogens is 595 g/mol. The molecule has 12 heteroatoms. The number of benzene rings is 1. The Balaban J connectivity index is 0.00000461. The van der Waals surface area contributed by atoms with Crippen molar-refractivity contribution in [1.29, 1.82) is 0 Å². The molecule has 238 valence electrons. The number of rotatable bonds is 6. The Labute approximate surface area is 267 Å². The lowest BCUT2D eigenvalue weighted by atomic mass is 10.0. The summed E-state index contributed by atoms with van der Waals surface area (Å²) in [5, 5.41) is 0.617. The maximum atomic E-state index is 15.2. The van der Waals surface area contributed by atoms with Gasteiger partial charge in [-0.3, -0.25) is 4.79 Å². The number of nitrogen functional groups attached to an aromatic ring is 1. The lowest BCUT2D eigenvalue weighted by molar-refractivity contribution is -0.130. The Morgan fingerprint density at radius 2 is 1.69 bits per heavy atom. The molecule has 0 unspecified atom stereocenters. The van der Waals surface area contributed by atoms with Crippen molar-refractivity contribution >= 4 is 40.0 Å². The van der Waals surface area contributed by atoms with E-state index in [1.54, 1.807) is 17.0 Å². The van der Waals surface area contributed by atoms with Crippen LogP contribution in [0.5, 0.6) is 0 Å². The first-order valence-corrected chi connectivity index (χ1v) is 15.0. The summed E-state index contributed by atoms with van der Waals surface area (Å²) in [6.07, 6.45) is 2.80. The second kappa shape index (κ2) is 12.9. The average molecular weight is 635 g/mol. The first-order valence-electron chi connectivity index (χ1n) is 14.6. The van der Waals surface area contributed by atoms with Gasteiger partial charge in [-0.05, 0) is 50.0 Å². The minimum atomic E-state index is -0.599. The minimum absolute atomic E-state index is 0. The predicted molar refractivity (Wildman–Crippen MR) is 179 cm³/mol. The Morgan fingerprint density at radius 3 is 2.22 bits per heavy atom. The predicted octanol–water partition coefficient (Wildman–Crippen LogP) is 6.11. The van der Waals surface area contributed by atoms with Crippen LogP contribution in [-0.2, 0) is 4.79 Å². The number of carbonyl (C=O) groups is 1. The number of piperazine rings is 1. The highest BCUT2D eigenvalue weighted by molar-refractivity contribution is 6.34. The van der Waals surface area contributed by atoms with Crippen LogP contribution in [0.1, 0.15) is 72.2 Å². The van der Waals surface area contributed by atoms with E-state index in [4.69, 9.17) is 22.3 Å². The van der Waals surface area contributed by atoms with Crippen LogP contribution in [-0.4, -0.2) is 60.5 Å². The summed E-state index contributed by atoms with van der Waals surface area (Å²) >= 11 is 6.83. The van der Waals surface area contributed by atoms with Gasteiger partial charge in [0.25, 0.3) is 0 Å². The topological polar surface area (TPSA) is 123 Å². The zero-order valence-corrected chi connectivity index (χ0v) is 26.4.